The van der Waals surface area contributed by atoms with E-state index in [1.807, 2.05) is 0 Å². The lowest BCUT2D eigenvalue weighted by Crippen LogP contribution is -2.13. The zero-order valence-electron chi connectivity index (χ0n) is 13.3. The molecule has 3 aromatic rings. The fraction of sp³-hybridized carbons (Fsp3) is 0.118. The van der Waals surface area contributed by atoms with Crippen molar-refractivity contribution in [1.29, 1.82) is 0 Å². The number of halogens is 2. The number of nitrogens with zero attached hydrogens (tertiary/aromatic N) is 1. The number of rotatable bonds is 3. The van der Waals surface area contributed by atoms with Gasteiger partial charge in [-0.1, -0.05) is 12.1 Å². The Kier molecular flexibility index (Phi) is 4.08. The lowest BCUT2D eigenvalue weighted by Gasteiger charge is -2.08. The molecule has 2 aromatic carbocycles. The SMILES string of the molecule is Cc1ccc(-n2c(-c3ccc(S(C)(=O)=O)c(F)c3)coc2=O)cc1F. The van der Waals surface area contributed by atoms with Crippen molar-refractivity contribution in [3.8, 4) is 16.9 Å². The largest absolute Gasteiger partial charge is 0.424 e. The van der Waals surface area contributed by atoms with Crippen LogP contribution in [-0.2, 0) is 9.84 Å². The highest BCUT2D eigenvalue weighted by Gasteiger charge is 2.18. The molecule has 0 N–H and O–H groups in total. The second-order valence-corrected chi connectivity index (χ2v) is 7.56. The molecule has 1 heterocycles. The average Bonchev–Trinajstić information content (AvgIpc) is 2.90. The highest BCUT2D eigenvalue weighted by atomic mass is 32.2. The lowest BCUT2D eigenvalue weighted by atomic mass is 10.1. The number of sulfone groups is 1. The van der Waals surface area contributed by atoms with Gasteiger partial charge in [0.25, 0.3) is 0 Å². The summed E-state index contributed by atoms with van der Waals surface area (Å²) in [7, 11) is -3.72. The van der Waals surface area contributed by atoms with E-state index in [0.29, 0.717) is 5.56 Å². The summed E-state index contributed by atoms with van der Waals surface area (Å²) in [5, 5.41) is 0. The molecule has 0 aliphatic rings. The van der Waals surface area contributed by atoms with Gasteiger partial charge in [-0.3, -0.25) is 0 Å². The van der Waals surface area contributed by atoms with Gasteiger partial charge >= 0.3 is 5.76 Å². The topological polar surface area (TPSA) is 69.3 Å². The van der Waals surface area contributed by atoms with Gasteiger partial charge in [0.15, 0.2) is 9.84 Å². The van der Waals surface area contributed by atoms with Crippen molar-refractivity contribution in [3.05, 3.63) is 70.4 Å². The fourth-order valence-electron chi connectivity index (χ4n) is 2.43. The molecule has 0 aliphatic heterocycles. The summed E-state index contributed by atoms with van der Waals surface area (Å²) in [6, 6.07) is 7.64. The third kappa shape index (κ3) is 3.12. The molecule has 130 valence electrons. The second-order valence-electron chi connectivity index (χ2n) is 5.57. The quantitative estimate of drug-likeness (QED) is 0.715. The van der Waals surface area contributed by atoms with Crippen LogP contribution in [0.4, 0.5) is 8.78 Å². The van der Waals surface area contributed by atoms with E-state index < -0.39 is 32.1 Å². The molecule has 1 aromatic heterocycles. The summed E-state index contributed by atoms with van der Waals surface area (Å²) >= 11 is 0. The summed E-state index contributed by atoms with van der Waals surface area (Å²) in [6.07, 6.45) is 2.00. The molecule has 0 saturated carbocycles. The molecule has 8 heteroatoms. The molecular weight excluding hydrogens is 352 g/mol. The Labute approximate surface area is 142 Å². The van der Waals surface area contributed by atoms with Crippen LogP contribution in [0.3, 0.4) is 0 Å². The fourth-order valence-corrected chi connectivity index (χ4v) is 3.16. The van der Waals surface area contributed by atoms with E-state index in [-0.39, 0.29) is 16.9 Å². The Bertz CT molecular complexity index is 1130. The third-order valence-electron chi connectivity index (χ3n) is 3.74. The Morgan fingerprint density at radius 1 is 1.04 bits per heavy atom. The predicted octanol–water partition coefficient (Wildman–Crippen LogP) is 3.09. The maximum Gasteiger partial charge on any atom is 0.424 e. The van der Waals surface area contributed by atoms with Gasteiger partial charge in [0.05, 0.1) is 11.4 Å². The first-order valence-corrected chi connectivity index (χ1v) is 9.04. The Hall–Kier alpha value is -2.74. The van der Waals surface area contributed by atoms with Gasteiger partial charge in [0.1, 0.15) is 22.8 Å². The van der Waals surface area contributed by atoms with Crippen molar-refractivity contribution in [2.24, 2.45) is 0 Å². The van der Waals surface area contributed by atoms with Crippen LogP contribution in [0.2, 0.25) is 0 Å². The molecule has 3 rings (SSSR count). The minimum atomic E-state index is -3.72. The van der Waals surface area contributed by atoms with Crippen LogP contribution < -0.4 is 5.76 Å². The van der Waals surface area contributed by atoms with Crippen molar-refractivity contribution < 1.29 is 21.6 Å². The standard InChI is InChI=1S/C17H13F2NO4S/c1-10-3-5-12(8-13(10)18)20-15(9-24-17(20)21)11-4-6-16(14(19)7-11)25(2,22)23/h3-9H,1-2H3. The molecule has 0 saturated heterocycles. The minimum absolute atomic E-state index is 0.173. The lowest BCUT2D eigenvalue weighted by molar-refractivity contribution is 0.503. The molecule has 0 amide bonds. The predicted molar refractivity (Wildman–Crippen MR) is 87.5 cm³/mol. The zero-order valence-corrected chi connectivity index (χ0v) is 14.1. The molecular formula is C17H13F2NO4S. The summed E-state index contributed by atoms with van der Waals surface area (Å²) in [6.45, 7) is 1.58. The number of oxazole rings is 1. The third-order valence-corrected chi connectivity index (χ3v) is 4.87. The van der Waals surface area contributed by atoms with Crippen LogP contribution in [0.15, 0.2) is 56.8 Å². The van der Waals surface area contributed by atoms with Crippen molar-refractivity contribution in [2.45, 2.75) is 11.8 Å². The number of hydrogen-bond acceptors (Lipinski definition) is 4. The first-order chi connectivity index (χ1) is 11.7. The minimum Gasteiger partial charge on any atom is -0.415 e. The average molecular weight is 365 g/mol. The van der Waals surface area contributed by atoms with Crippen molar-refractivity contribution in [2.75, 3.05) is 6.26 Å². The Balaban J connectivity index is 2.19. The Morgan fingerprint density at radius 3 is 2.36 bits per heavy atom. The highest BCUT2D eigenvalue weighted by Crippen LogP contribution is 2.26. The zero-order chi connectivity index (χ0) is 18.4. The highest BCUT2D eigenvalue weighted by molar-refractivity contribution is 7.90. The van der Waals surface area contributed by atoms with Gasteiger partial charge in [-0.2, -0.15) is 0 Å². The number of aromatic nitrogens is 1. The summed E-state index contributed by atoms with van der Waals surface area (Å²) in [4.78, 5) is 11.6. The monoisotopic (exact) mass is 365 g/mol. The van der Waals surface area contributed by atoms with E-state index in [9.17, 15) is 22.0 Å². The van der Waals surface area contributed by atoms with Crippen molar-refractivity contribution >= 4 is 9.84 Å². The smallest absolute Gasteiger partial charge is 0.415 e. The van der Waals surface area contributed by atoms with Crippen LogP contribution in [-0.4, -0.2) is 19.2 Å². The van der Waals surface area contributed by atoms with E-state index in [2.05, 4.69) is 0 Å². The number of aryl methyl sites for hydroxylation is 1. The van der Waals surface area contributed by atoms with Crippen LogP contribution >= 0.6 is 0 Å². The van der Waals surface area contributed by atoms with Gasteiger partial charge in [-0.25, -0.2) is 26.6 Å². The molecule has 25 heavy (non-hydrogen) atoms. The van der Waals surface area contributed by atoms with Gasteiger partial charge in [0, 0.05) is 11.8 Å². The molecule has 0 spiro atoms. The van der Waals surface area contributed by atoms with E-state index in [0.717, 1.165) is 35.3 Å². The summed E-state index contributed by atoms with van der Waals surface area (Å²) < 4.78 is 56.9. The van der Waals surface area contributed by atoms with Gasteiger partial charge < -0.3 is 4.42 Å². The van der Waals surface area contributed by atoms with E-state index in [1.165, 1.54) is 18.2 Å². The molecule has 0 radical (unpaired) electrons. The van der Waals surface area contributed by atoms with Crippen molar-refractivity contribution in [1.82, 2.24) is 4.57 Å². The molecule has 0 bridgehead atoms. The van der Waals surface area contributed by atoms with Crippen LogP contribution in [0.5, 0.6) is 0 Å². The number of benzene rings is 2. The van der Waals surface area contributed by atoms with E-state index in [4.69, 9.17) is 4.42 Å². The second kappa shape index (κ2) is 5.96. The van der Waals surface area contributed by atoms with Gasteiger partial charge in [0.2, 0.25) is 0 Å². The molecule has 0 aliphatic carbocycles. The first-order valence-electron chi connectivity index (χ1n) is 7.15. The maximum absolute atomic E-state index is 14.1. The molecule has 0 fully saturated rings. The maximum atomic E-state index is 14.1. The summed E-state index contributed by atoms with van der Waals surface area (Å²) in [5.41, 5.74) is 1.01. The normalized spacial score (nSPS) is 11.7. The first kappa shape index (κ1) is 17.1. The molecule has 0 atom stereocenters. The molecule has 5 nitrogen and oxygen atoms in total. The van der Waals surface area contributed by atoms with Crippen LogP contribution in [0.1, 0.15) is 5.56 Å². The van der Waals surface area contributed by atoms with Crippen LogP contribution in [0, 0.1) is 18.6 Å². The summed E-state index contributed by atoms with van der Waals surface area (Å²) in [5.74, 6) is -2.23. The molecule has 0 unspecified atom stereocenters. The van der Waals surface area contributed by atoms with Crippen LogP contribution in [0.25, 0.3) is 16.9 Å². The Morgan fingerprint density at radius 2 is 1.76 bits per heavy atom. The van der Waals surface area contributed by atoms with E-state index in [1.54, 1.807) is 6.92 Å². The van der Waals surface area contributed by atoms with Crippen molar-refractivity contribution in [3.63, 3.8) is 0 Å². The van der Waals surface area contributed by atoms with E-state index >= 15 is 0 Å². The number of hydrogen-bond donors (Lipinski definition) is 0. The van der Waals surface area contributed by atoms with Gasteiger partial charge in [-0.15, -0.1) is 0 Å². The van der Waals surface area contributed by atoms with Gasteiger partial charge in [-0.05, 0) is 36.8 Å².